The Morgan fingerprint density at radius 1 is 1.05 bits per heavy atom. The molecule has 0 aliphatic carbocycles. The zero-order valence-corrected chi connectivity index (χ0v) is 24.5. The van der Waals surface area contributed by atoms with E-state index in [0.717, 1.165) is 11.1 Å². The van der Waals surface area contributed by atoms with E-state index >= 15 is 0 Å². The van der Waals surface area contributed by atoms with Crippen LogP contribution >= 0.6 is 11.6 Å². The quantitative estimate of drug-likeness (QED) is 0.348. The van der Waals surface area contributed by atoms with Gasteiger partial charge in [0.05, 0.1) is 17.3 Å². The Balaban J connectivity index is 1.34. The number of amides is 1. The maximum absolute atomic E-state index is 13.2. The number of likely N-dealkylation sites (tertiary alicyclic amines) is 1. The number of methoxy groups -OCH3 is 1. The second-order valence-electron chi connectivity index (χ2n) is 10.4. The van der Waals surface area contributed by atoms with Crippen molar-refractivity contribution in [3.63, 3.8) is 0 Å². The molecule has 0 radical (unpaired) electrons. The van der Waals surface area contributed by atoms with Gasteiger partial charge in [0.25, 0.3) is 0 Å². The molecule has 0 atom stereocenters. The molecule has 11 heteroatoms. The van der Waals surface area contributed by atoms with Crippen molar-refractivity contribution in [3.05, 3.63) is 71.0 Å². The topological polar surface area (TPSA) is 111 Å². The number of halogens is 1. The molecule has 0 bridgehead atoms. The Morgan fingerprint density at radius 2 is 1.70 bits per heavy atom. The van der Waals surface area contributed by atoms with Crippen LogP contribution in [0.2, 0.25) is 5.02 Å². The highest BCUT2D eigenvalue weighted by Crippen LogP contribution is 2.27. The second-order valence-corrected chi connectivity index (χ2v) is 13.1. The first kappa shape index (κ1) is 29.4. The van der Waals surface area contributed by atoms with Gasteiger partial charge in [0.2, 0.25) is 5.95 Å². The van der Waals surface area contributed by atoms with Gasteiger partial charge in [-0.15, -0.1) is 0 Å². The van der Waals surface area contributed by atoms with Gasteiger partial charge in [-0.1, -0.05) is 23.8 Å². The van der Waals surface area contributed by atoms with Crippen LogP contribution < -0.4 is 10.1 Å². The zero-order chi connectivity index (χ0) is 28.9. The summed E-state index contributed by atoms with van der Waals surface area (Å²) >= 11 is 6.25. The van der Waals surface area contributed by atoms with Crippen molar-refractivity contribution >= 4 is 51.3 Å². The lowest BCUT2D eigenvalue weighted by molar-refractivity contribution is 0.0217. The van der Waals surface area contributed by atoms with Crippen LogP contribution in [0.5, 0.6) is 5.75 Å². The average molecular weight is 585 g/mol. The van der Waals surface area contributed by atoms with Crippen LogP contribution in [0.3, 0.4) is 0 Å². The SMILES string of the molecule is COc1ccc(Cl)c(/C=C/c2cnc(Nc3ccc(S(=O)(=O)C4CCN(C(=O)OC(C)(C)C)CC4)cc3)nc2)c1. The van der Waals surface area contributed by atoms with Crippen LogP contribution in [-0.4, -0.2) is 60.4 Å². The van der Waals surface area contributed by atoms with E-state index < -0.39 is 26.8 Å². The molecular formula is C29H33ClN4O5S. The van der Waals surface area contributed by atoms with Gasteiger partial charge >= 0.3 is 6.09 Å². The van der Waals surface area contributed by atoms with Crippen LogP contribution in [0.25, 0.3) is 12.2 Å². The van der Waals surface area contributed by atoms with Gasteiger partial charge < -0.3 is 19.7 Å². The maximum atomic E-state index is 13.2. The van der Waals surface area contributed by atoms with Crippen LogP contribution in [0.1, 0.15) is 44.7 Å². The molecule has 9 nitrogen and oxygen atoms in total. The predicted octanol–water partition coefficient (Wildman–Crippen LogP) is 6.23. The highest BCUT2D eigenvalue weighted by Gasteiger charge is 2.34. The number of piperidine rings is 1. The molecule has 2 aromatic carbocycles. The molecule has 0 unspecified atom stereocenters. The number of nitrogens with zero attached hydrogens (tertiary/aromatic N) is 3. The molecular weight excluding hydrogens is 552 g/mol. The van der Waals surface area contributed by atoms with Gasteiger partial charge in [0.15, 0.2) is 9.84 Å². The molecule has 2 heterocycles. The molecule has 1 aliphatic rings. The summed E-state index contributed by atoms with van der Waals surface area (Å²) < 4.78 is 37.1. The van der Waals surface area contributed by atoms with Gasteiger partial charge in [-0.25, -0.2) is 23.2 Å². The van der Waals surface area contributed by atoms with E-state index in [4.69, 9.17) is 21.1 Å². The van der Waals surface area contributed by atoms with Crippen molar-refractivity contribution in [3.8, 4) is 5.75 Å². The summed E-state index contributed by atoms with van der Waals surface area (Å²) in [6.07, 6.45) is 7.36. The van der Waals surface area contributed by atoms with E-state index in [9.17, 15) is 13.2 Å². The number of anilines is 2. The molecule has 212 valence electrons. The number of ether oxygens (including phenoxy) is 2. The van der Waals surface area contributed by atoms with Crippen molar-refractivity contribution < 1.29 is 22.7 Å². The Bertz CT molecular complexity index is 1460. The monoisotopic (exact) mass is 584 g/mol. The third-order valence-corrected chi connectivity index (χ3v) is 8.92. The standard InChI is InChI=1S/C29H33ClN4O5S/c1-29(2,3)39-28(35)34-15-13-25(14-16-34)40(36,37)24-10-7-22(8-11-24)33-27-31-18-20(19-32-27)5-6-21-17-23(38-4)9-12-26(21)30/h5-12,17-19,25H,13-16H2,1-4H3,(H,31,32,33)/b6-5+. The van der Waals surface area contributed by atoms with E-state index in [0.29, 0.717) is 48.3 Å². The molecule has 1 amide bonds. The summed E-state index contributed by atoms with van der Waals surface area (Å²) in [5.41, 5.74) is 1.66. The Labute approximate surface area is 240 Å². The first-order valence-corrected chi connectivity index (χ1v) is 14.8. The van der Waals surface area contributed by atoms with Gasteiger partial charge in [-0.2, -0.15) is 0 Å². The fourth-order valence-electron chi connectivity index (χ4n) is 4.18. The van der Waals surface area contributed by atoms with Crippen LogP contribution in [-0.2, 0) is 14.6 Å². The molecule has 1 N–H and O–H groups in total. The fraction of sp³-hybridized carbons (Fsp3) is 0.345. The van der Waals surface area contributed by atoms with Crippen molar-refractivity contribution in [2.45, 2.75) is 49.4 Å². The van der Waals surface area contributed by atoms with E-state index in [-0.39, 0.29) is 4.90 Å². The third-order valence-electron chi connectivity index (χ3n) is 6.30. The Kier molecular flexibility index (Phi) is 9.00. The Hall–Kier alpha value is -3.63. The molecule has 40 heavy (non-hydrogen) atoms. The number of hydrogen-bond donors (Lipinski definition) is 1. The number of rotatable bonds is 7. The fourth-order valence-corrected chi connectivity index (χ4v) is 6.09. The van der Waals surface area contributed by atoms with Crippen LogP contribution in [0, 0.1) is 0 Å². The molecule has 0 saturated carbocycles. The van der Waals surface area contributed by atoms with Crippen LogP contribution in [0.4, 0.5) is 16.4 Å². The highest BCUT2D eigenvalue weighted by molar-refractivity contribution is 7.92. The number of carbonyl (C=O) groups is 1. The van der Waals surface area contributed by atoms with Crippen LogP contribution in [0.15, 0.2) is 59.8 Å². The first-order chi connectivity index (χ1) is 18.9. The molecule has 3 aromatic rings. The van der Waals surface area contributed by atoms with Gasteiger partial charge in [0.1, 0.15) is 11.4 Å². The average Bonchev–Trinajstić information content (AvgIpc) is 2.93. The Morgan fingerprint density at radius 3 is 2.30 bits per heavy atom. The molecule has 1 aliphatic heterocycles. The lowest BCUT2D eigenvalue weighted by atomic mass is 10.1. The molecule has 1 aromatic heterocycles. The zero-order valence-electron chi connectivity index (χ0n) is 22.9. The summed E-state index contributed by atoms with van der Waals surface area (Å²) in [7, 11) is -1.94. The lowest BCUT2D eigenvalue weighted by Crippen LogP contribution is -2.44. The number of carbonyl (C=O) groups excluding carboxylic acids is 1. The molecule has 1 fully saturated rings. The van der Waals surface area contributed by atoms with Gasteiger partial charge in [-0.05, 0) is 81.6 Å². The molecule has 0 spiro atoms. The normalized spacial score (nSPS) is 14.8. The number of sulfone groups is 1. The molecule has 4 rings (SSSR count). The van der Waals surface area contributed by atoms with E-state index in [1.807, 2.05) is 18.2 Å². The summed E-state index contributed by atoms with van der Waals surface area (Å²) in [5, 5.41) is 3.14. The number of aromatic nitrogens is 2. The minimum absolute atomic E-state index is 0.242. The summed E-state index contributed by atoms with van der Waals surface area (Å²) in [6, 6.07) is 11.9. The van der Waals surface area contributed by atoms with Gasteiger partial charge in [0, 0.05) is 41.8 Å². The molecule has 1 saturated heterocycles. The first-order valence-electron chi connectivity index (χ1n) is 12.9. The van der Waals surface area contributed by atoms with Crippen molar-refractivity contribution in [1.29, 1.82) is 0 Å². The minimum Gasteiger partial charge on any atom is -0.497 e. The van der Waals surface area contributed by atoms with Crippen molar-refractivity contribution in [2.75, 3.05) is 25.5 Å². The summed E-state index contributed by atoms with van der Waals surface area (Å²) in [4.78, 5) is 22.8. The van der Waals surface area contributed by atoms with E-state index in [1.165, 1.54) is 0 Å². The number of benzene rings is 2. The second kappa shape index (κ2) is 12.3. The van der Waals surface area contributed by atoms with E-state index in [1.54, 1.807) is 81.6 Å². The smallest absolute Gasteiger partial charge is 0.410 e. The predicted molar refractivity (Wildman–Crippen MR) is 157 cm³/mol. The van der Waals surface area contributed by atoms with Crippen molar-refractivity contribution in [2.24, 2.45) is 0 Å². The third kappa shape index (κ3) is 7.51. The number of nitrogens with one attached hydrogen (secondary N) is 1. The summed E-state index contributed by atoms with van der Waals surface area (Å²) in [6.45, 7) is 6.10. The van der Waals surface area contributed by atoms with Crippen molar-refractivity contribution in [1.82, 2.24) is 14.9 Å². The van der Waals surface area contributed by atoms with E-state index in [2.05, 4.69) is 15.3 Å². The lowest BCUT2D eigenvalue weighted by Gasteiger charge is -2.33. The minimum atomic E-state index is -3.54. The van der Waals surface area contributed by atoms with Gasteiger partial charge in [-0.3, -0.25) is 0 Å². The summed E-state index contributed by atoms with van der Waals surface area (Å²) in [5.74, 6) is 1.09. The largest absolute Gasteiger partial charge is 0.497 e. The number of hydrogen-bond acceptors (Lipinski definition) is 8. The highest BCUT2D eigenvalue weighted by atomic mass is 35.5. The maximum Gasteiger partial charge on any atom is 0.410 e.